The molecule has 4 aromatic rings. The van der Waals surface area contributed by atoms with Gasteiger partial charge < -0.3 is 10.3 Å². The fraction of sp³-hybridized carbons (Fsp3) is 0.0588. The molecule has 0 saturated carbocycles. The van der Waals surface area contributed by atoms with E-state index in [9.17, 15) is 8.42 Å². The number of imidazole rings is 2. The lowest BCUT2D eigenvalue weighted by Crippen LogP contribution is -2.13. The van der Waals surface area contributed by atoms with E-state index in [1.807, 2.05) is 17.7 Å². The Labute approximate surface area is 160 Å². The van der Waals surface area contributed by atoms with Gasteiger partial charge in [0.15, 0.2) is 5.03 Å². The zero-order valence-electron chi connectivity index (χ0n) is 14.7. The molecule has 142 valence electrons. The number of H-pyrrole nitrogens is 1. The second kappa shape index (κ2) is 7.12. The molecule has 0 atom stereocenters. The summed E-state index contributed by atoms with van der Waals surface area (Å²) in [4.78, 5) is 18.9. The third-order valence-corrected chi connectivity index (χ3v) is 5.20. The molecule has 0 aliphatic heterocycles. The standard InChI is InChI=1S/C17H16N8O2S/c1-12-19-6-7-25(12)16-8-15(20-11-21-16)23-13-2-4-14(5-3-13)24-28(26,27)17-9-18-10-22-17/h2-11,24H,1H3,(H,18,22)(H,20,21,23). The number of nitrogens with one attached hydrogen (secondary N) is 3. The predicted molar refractivity (Wildman–Crippen MR) is 103 cm³/mol. The molecule has 4 rings (SSSR count). The molecule has 0 aliphatic carbocycles. The average molecular weight is 396 g/mol. The Morgan fingerprint density at radius 3 is 2.54 bits per heavy atom. The van der Waals surface area contributed by atoms with Crippen molar-refractivity contribution in [3.63, 3.8) is 0 Å². The first kappa shape index (κ1) is 17.7. The molecule has 0 fully saturated rings. The van der Waals surface area contributed by atoms with Crippen LogP contribution < -0.4 is 10.0 Å². The molecule has 28 heavy (non-hydrogen) atoms. The topological polar surface area (TPSA) is 130 Å². The van der Waals surface area contributed by atoms with Crippen LogP contribution in [0.5, 0.6) is 0 Å². The zero-order chi connectivity index (χ0) is 19.6. The van der Waals surface area contributed by atoms with Gasteiger partial charge in [-0.3, -0.25) is 9.29 Å². The van der Waals surface area contributed by atoms with E-state index in [4.69, 9.17) is 0 Å². The highest BCUT2D eigenvalue weighted by Gasteiger charge is 2.15. The minimum absolute atomic E-state index is 0.00184. The van der Waals surface area contributed by atoms with Crippen molar-refractivity contribution in [3.05, 3.63) is 67.4 Å². The average Bonchev–Trinajstić information content (AvgIpc) is 3.35. The molecule has 11 heteroatoms. The van der Waals surface area contributed by atoms with Crippen LogP contribution in [0.2, 0.25) is 0 Å². The molecule has 0 radical (unpaired) electrons. The van der Waals surface area contributed by atoms with E-state index >= 15 is 0 Å². The van der Waals surface area contributed by atoms with Gasteiger partial charge in [-0.15, -0.1) is 0 Å². The minimum Gasteiger partial charge on any atom is -0.340 e. The number of nitrogens with zero attached hydrogens (tertiary/aromatic N) is 5. The molecule has 0 saturated heterocycles. The lowest BCUT2D eigenvalue weighted by Gasteiger charge is -2.10. The molecule has 0 aliphatic rings. The Bertz CT molecular complexity index is 1180. The maximum Gasteiger partial charge on any atom is 0.278 e. The first-order chi connectivity index (χ1) is 13.5. The summed E-state index contributed by atoms with van der Waals surface area (Å²) >= 11 is 0. The summed E-state index contributed by atoms with van der Waals surface area (Å²) in [6.45, 7) is 1.89. The molecule has 1 aromatic carbocycles. The van der Waals surface area contributed by atoms with Crippen molar-refractivity contribution in [2.45, 2.75) is 11.9 Å². The fourth-order valence-electron chi connectivity index (χ4n) is 2.54. The molecular weight excluding hydrogens is 380 g/mol. The second-order valence-electron chi connectivity index (χ2n) is 5.83. The number of aromatic nitrogens is 6. The highest BCUT2D eigenvalue weighted by Crippen LogP contribution is 2.20. The van der Waals surface area contributed by atoms with Gasteiger partial charge in [0.2, 0.25) is 0 Å². The molecule has 0 amide bonds. The lowest BCUT2D eigenvalue weighted by atomic mass is 10.3. The van der Waals surface area contributed by atoms with Crippen LogP contribution in [0.4, 0.5) is 17.2 Å². The summed E-state index contributed by atoms with van der Waals surface area (Å²) in [6.07, 6.45) is 7.54. The number of sulfonamides is 1. The summed E-state index contributed by atoms with van der Waals surface area (Å²) in [5.41, 5.74) is 1.18. The van der Waals surface area contributed by atoms with E-state index in [2.05, 4.69) is 35.0 Å². The normalized spacial score (nSPS) is 11.3. The van der Waals surface area contributed by atoms with E-state index in [0.717, 1.165) is 11.5 Å². The smallest absolute Gasteiger partial charge is 0.278 e. The van der Waals surface area contributed by atoms with Crippen LogP contribution >= 0.6 is 0 Å². The van der Waals surface area contributed by atoms with E-state index < -0.39 is 10.0 Å². The van der Waals surface area contributed by atoms with Gasteiger partial charge in [-0.2, -0.15) is 8.42 Å². The monoisotopic (exact) mass is 396 g/mol. The molecular formula is C17H16N8O2S. The van der Waals surface area contributed by atoms with Gasteiger partial charge in [0.05, 0.1) is 12.5 Å². The molecule has 0 spiro atoms. The van der Waals surface area contributed by atoms with E-state index in [-0.39, 0.29) is 5.03 Å². The fourth-order valence-corrected chi connectivity index (χ4v) is 3.50. The third-order valence-electron chi connectivity index (χ3n) is 3.90. The maximum atomic E-state index is 12.2. The number of anilines is 3. The lowest BCUT2D eigenvalue weighted by molar-refractivity contribution is 0.598. The van der Waals surface area contributed by atoms with Crippen LogP contribution in [0.1, 0.15) is 5.82 Å². The molecule has 10 nitrogen and oxygen atoms in total. The predicted octanol–water partition coefficient (Wildman–Crippen LogP) is 2.24. The number of aryl methyl sites for hydroxylation is 1. The van der Waals surface area contributed by atoms with Gasteiger partial charge in [-0.1, -0.05) is 0 Å². The Morgan fingerprint density at radius 1 is 1.07 bits per heavy atom. The third kappa shape index (κ3) is 3.69. The number of hydrogen-bond donors (Lipinski definition) is 3. The van der Waals surface area contributed by atoms with Crippen molar-refractivity contribution < 1.29 is 8.42 Å². The first-order valence-corrected chi connectivity index (χ1v) is 9.70. The SMILES string of the molecule is Cc1nccn1-c1cc(Nc2ccc(NS(=O)(=O)c3cnc[nH]3)cc2)ncn1. The summed E-state index contributed by atoms with van der Waals surface area (Å²) in [5.74, 6) is 2.11. The number of aromatic amines is 1. The van der Waals surface area contributed by atoms with Crippen LogP contribution in [0.3, 0.4) is 0 Å². The summed E-state index contributed by atoms with van der Waals surface area (Å²) < 4.78 is 28.7. The largest absolute Gasteiger partial charge is 0.340 e. The molecule has 3 heterocycles. The minimum atomic E-state index is -3.69. The quantitative estimate of drug-likeness (QED) is 0.455. The second-order valence-corrected chi connectivity index (χ2v) is 7.48. The molecule has 3 aromatic heterocycles. The van der Waals surface area contributed by atoms with Crippen molar-refractivity contribution >= 4 is 27.2 Å². The van der Waals surface area contributed by atoms with Crippen LogP contribution in [0, 0.1) is 6.92 Å². The summed E-state index contributed by atoms with van der Waals surface area (Å²) in [7, 11) is -3.69. The van der Waals surface area contributed by atoms with Crippen molar-refractivity contribution in [1.29, 1.82) is 0 Å². The molecule has 0 bridgehead atoms. The van der Waals surface area contributed by atoms with Gasteiger partial charge in [-0.05, 0) is 31.2 Å². The highest BCUT2D eigenvalue weighted by atomic mass is 32.2. The van der Waals surface area contributed by atoms with Crippen molar-refractivity contribution in [2.75, 3.05) is 10.0 Å². The van der Waals surface area contributed by atoms with Crippen LogP contribution in [-0.4, -0.2) is 37.9 Å². The van der Waals surface area contributed by atoms with Crippen molar-refractivity contribution in [2.24, 2.45) is 0 Å². The van der Waals surface area contributed by atoms with Gasteiger partial charge in [0, 0.05) is 29.8 Å². The van der Waals surface area contributed by atoms with Gasteiger partial charge in [0.25, 0.3) is 10.0 Å². The number of hydrogen-bond acceptors (Lipinski definition) is 7. The van der Waals surface area contributed by atoms with Gasteiger partial charge in [0.1, 0.15) is 23.8 Å². The summed E-state index contributed by atoms with van der Waals surface area (Å²) in [6, 6.07) is 8.59. The Balaban J connectivity index is 1.49. The first-order valence-electron chi connectivity index (χ1n) is 8.22. The number of rotatable bonds is 6. The van der Waals surface area contributed by atoms with Crippen molar-refractivity contribution in [3.8, 4) is 5.82 Å². The maximum absolute atomic E-state index is 12.2. The highest BCUT2D eigenvalue weighted by molar-refractivity contribution is 7.92. The zero-order valence-corrected chi connectivity index (χ0v) is 15.6. The van der Waals surface area contributed by atoms with Gasteiger partial charge in [-0.25, -0.2) is 19.9 Å². The Hall–Kier alpha value is -3.73. The summed E-state index contributed by atoms with van der Waals surface area (Å²) in [5, 5.41) is 3.16. The van der Waals surface area contributed by atoms with E-state index in [1.54, 1.807) is 36.5 Å². The van der Waals surface area contributed by atoms with E-state index in [0.29, 0.717) is 17.3 Å². The van der Waals surface area contributed by atoms with Crippen LogP contribution in [0.15, 0.2) is 66.6 Å². The van der Waals surface area contributed by atoms with Crippen molar-refractivity contribution in [1.82, 2.24) is 29.5 Å². The van der Waals surface area contributed by atoms with Gasteiger partial charge >= 0.3 is 0 Å². The Kier molecular flexibility index (Phi) is 4.49. The van der Waals surface area contributed by atoms with Crippen LogP contribution in [0.25, 0.3) is 5.82 Å². The molecule has 3 N–H and O–H groups in total. The van der Waals surface area contributed by atoms with Crippen LogP contribution in [-0.2, 0) is 10.0 Å². The number of benzene rings is 1. The molecule has 0 unspecified atom stereocenters. The Morgan fingerprint density at radius 2 is 1.86 bits per heavy atom. The van der Waals surface area contributed by atoms with E-state index in [1.165, 1.54) is 18.9 Å².